The van der Waals surface area contributed by atoms with Gasteiger partial charge in [-0.1, -0.05) is 20.8 Å². The fraction of sp³-hybridized carbons (Fsp3) is 0.750. The number of Topliss-reactive ketones (excluding diaryl/α,β-unsaturated/α-hetero) is 1. The van der Waals surface area contributed by atoms with Crippen LogP contribution in [0.5, 0.6) is 0 Å². The second-order valence-electron chi connectivity index (χ2n) is 6.07. The van der Waals surface area contributed by atoms with E-state index in [2.05, 4.69) is 5.32 Å². The van der Waals surface area contributed by atoms with Gasteiger partial charge in [-0.25, -0.2) is 0 Å². The topological polar surface area (TPSA) is 92.8 Å². The number of nitrogens with zero attached hydrogens (tertiary/aromatic N) is 1. The van der Waals surface area contributed by atoms with E-state index in [1.54, 1.807) is 6.92 Å². The van der Waals surface area contributed by atoms with Crippen LogP contribution in [0.3, 0.4) is 0 Å². The Hall–Kier alpha value is -1.76. The predicted molar refractivity (Wildman–Crippen MR) is 83.4 cm³/mol. The molecule has 1 atom stereocenters. The van der Waals surface area contributed by atoms with Gasteiger partial charge in [-0.05, 0) is 0 Å². The minimum absolute atomic E-state index is 0.0111. The molecule has 7 nitrogen and oxygen atoms in total. The number of hydrogen-bond acceptors (Lipinski definition) is 5. The molecular weight excluding hydrogens is 300 g/mol. The van der Waals surface area contributed by atoms with Crippen molar-refractivity contribution in [1.82, 2.24) is 10.2 Å². The standard InChI is InChI=1S/C16H26N2O5/c1-11(2)13(19)5-8-23-9-6-17-14(20)4-7-18-15(21)10-12(3)16(18)22/h11-12H,4-10H2,1-3H3,(H,17,20). The van der Waals surface area contributed by atoms with Crippen molar-refractivity contribution in [3.8, 4) is 0 Å². The Morgan fingerprint density at radius 3 is 2.52 bits per heavy atom. The van der Waals surface area contributed by atoms with Gasteiger partial charge in [-0.15, -0.1) is 0 Å². The summed E-state index contributed by atoms with van der Waals surface area (Å²) < 4.78 is 5.28. The number of ketones is 1. The van der Waals surface area contributed by atoms with Crippen LogP contribution >= 0.6 is 0 Å². The van der Waals surface area contributed by atoms with Crippen LogP contribution in [-0.2, 0) is 23.9 Å². The fourth-order valence-electron chi connectivity index (χ4n) is 2.21. The molecule has 1 N–H and O–H groups in total. The molecule has 130 valence electrons. The highest BCUT2D eigenvalue weighted by molar-refractivity contribution is 6.03. The first-order chi connectivity index (χ1) is 10.8. The van der Waals surface area contributed by atoms with E-state index in [1.165, 1.54) is 0 Å². The summed E-state index contributed by atoms with van der Waals surface area (Å²) in [7, 11) is 0. The molecule has 0 aromatic heterocycles. The van der Waals surface area contributed by atoms with Gasteiger partial charge >= 0.3 is 0 Å². The Bertz CT molecular complexity index is 461. The lowest BCUT2D eigenvalue weighted by molar-refractivity contribution is -0.139. The first-order valence-corrected chi connectivity index (χ1v) is 8.04. The molecule has 0 bridgehead atoms. The van der Waals surface area contributed by atoms with Gasteiger partial charge < -0.3 is 10.1 Å². The number of rotatable bonds is 10. The number of carbonyl (C=O) groups excluding carboxylic acids is 4. The number of nitrogens with one attached hydrogen (secondary N) is 1. The summed E-state index contributed by atoms with van der Waals surface area (Å²) in [5.74, 6) is -0.769. The minimum atomic E-state index is -0.285. The van der Waals surface area contributed by atoms with Gasteiger partial charge in [0.1, 0.15) is 5.78 Å². The first-order valence-electron chi connectivity index (χ1n) is 8.04. The van der Waals surface area contributed by atoms with Crippen LogP contribution in [0, 0.1) is 11.8 Å². The molecule has 23 heavy (non-hydrogen) atoms. The van der Waals surface area contributed by atoms with Crippen molar-refractivity contribution in [2.75, 3.05) is 26.3 Å². The monoisotopic (exact) mass is 326 g/mol. The molecule has 1 saturated heterocycles. The maximum Gasteiger partial charge on any atom is 0.232 e. The van der Waals surface area contributed by atoms with E-state index < -0.39 is 0 Å². The molecule has 0 radical (unpaired) electrons. The van der Waals surface area contributed by atoms with E-state index in [1.807, 2.05) is 13.8 Å². The average Bonchev–Trinajstić information content (AvgIpc) is 2.73. The number of imide groups is 1. The maximum absolute atomic E-state index is 11.7. The molecule has 1 aliphatic heterocycles. The van der Waals surface area contributed by atoms with Gasteiger partial charge in [0.25, 0.3) is 0 Å². The third-order valence-electron chi connectivity index (χ3n) is 3.74. The molecule has 0 spiro atoms. The fourth-order valence-corrected chi connectivity index (χ4v) is 2.21. The smallest absolute Gasteiger partial charge is 0.232 e. The van der Waals surface area contributed by atoms with Crippen LogP contribution in [0.4, 0.5) is 0 Å². The molecule has 0 aromatic rings. The van der Waals surface area contributed by atoms with Gasteiger partial charge in [0, 0.05) is 44.2 Å². The molecule has 0 aliphatic carbocycles. The van der Waals surface area contributed by atoms with Gasteiger partial charge in [0.2, 0.25) is 17.7 Å². The van der Waals surface area contributed by atoms with Crippen LogP contribution < -0.4 is 5.32 Å². The summed E-state index contributed by atoms with van der Waals surface area (Å²) >= 11 is 0. The number of ether oxygens (including phenoxy) is 1. The summed E-state index contributed by atoms with van der Waals surface area (Å²) in [4.78, 5) is 47.4. The lowest BCUT2D eigenvalue weighted by Gasteiger charge is -2.14. The molecule has 0 saturated carbocycles. The summed E-state index contributed by atoms with van der Waals surface area (Å²) in [6.45, 7) is 6.54. The Balaban J connectivity index is 2.08. The quantitative estimate of drug-likeness (QED) is 0.467. The van der Waals surface area contributed by atoms with Crippen molar-refractivity contribution < 1.29 is 23.9 Å². The van der Waals surface area contributed by atoms with E-state index in [0.29, 0.717) is 26.2 Å². The van der Waals surface area contributed by atoms with Gasteiger partial charge in [0.15, 0.2) is 0 Å². The first kappa shape index (κ1) is 19.3. The Labute approximate surface area is 136 Å². The van der Waals surface area contributed by atoms with Crippen molar-refractivity contribution in [2.45, 2.75) is 40.0 Å². The van der Waals surface area contributed by atoms with E-state index in [0.717, 1.165) is 4.90 Å². The van der Waals surface area contributed by atoms with E-state index in [4.69, 9.17) is 4.74 Å². The van der Waals surface area contributed by atoms with E-state index in [9.17, 15) is 19.2 Å². The highest BCUT2D eigenvalue weighted by Gasteiger charge is 2.35. The zero-order valence-corrected chi connectivity index (χ0v) is 14.1. The third-order valence-corrected chi connectivity index (χ3v) is 3.74. The largest absolute Gasteiger partial charge is 0.379 e. The zero-order valence-electron chi connectivity index (χ0n) is 14.1. The molecule has 7 heteroatoms. The summed E-state index contributed by atoms with van der Waals surface area (Å²) in [6.07, 6.45) is 0.697. The lowest BCUT2D eigenvalue weighted by atomic mass is 10.1. The van der Waals surface area contributed by atoms with Crippen LogP contribution in [0.1, 0.15) is 40.0 Å². The van der Waals surface area contributed by atoms with Crippen molar-refractivity contribution in [2.24, 2.45) is 11.8 Å². The molecule has 1 heterocycles. The zero-order chi connectivity index (χ0) is 17.4. The highest BCUT2D eigenvalue weighted by atomic mass is 16.5. The molecule has 1 rings (SSSR count). The normalized spacial score (nSPS) is 17.9. The number of amides is 3. The number of carbonyl (C=O) groups is 4. The molecule has 1 unspecified atom stereocenters. The van der Waals surface area contributed by atoms with Crippen molar-refractivity contribution >= 4 is 23.5 Å². The Kier molecular flexibility index (Phi) is 7.88. The molecular formula is C16H26N2O5. The summed E-state index contributed by atoms with van der Waals surface area (Å²) in [5, 5.41) is 2.66. The van der Waals surface area contributed by atoms with E-state index in [-0.39, 0.29) is 54.7 Å². The molecule has 1 aliphatic rings. The van der Waals surface area contributed by atoms with Gasteiger partial charge in [-0.3, -0.25) is 24.1 Å². The molecule has 1 fully saturated rings. The average molecular weight is 326 g/mol. The summed E-state index contributed by atoms with van der Waals surface area (Å²) in [6, 6.07) is 0. The molecule has 3 amide bonds. The Morgan fingerprint density at radius 2 is 1.96 bits per heavy atom. The van der Waals surface area contributed by atoms with Crippen LogP contribution in [0.2, 0.25) is 0 Å². The third kappa shape index (κ3) is 6.48. The van der Waals surface area contributed by atoms with Crippen LogP contribution in [0.25, 0.3) is 0 Å². The highest BCUT2D eigenvalue weighted by Crippen LogP contribution is 2.18. The van der Waals surface area contributed by atoms with E-state index >= 15 is 0 Å². The lowest BCUT2D eigenvalue weighted by Crippen LogP contribution is -2.35. The number of likely N-dealkylation sites (tertiary alicyclic amines) is 1. The number of hydrogen-bond donors (Lipinski definition) is 1. The van der Waals surface area contributed by atoms with Crippen molar-refractivity contribution in [1.29, 1.82) is 0 Å². The van der Waals surface area contributed by atoms with Crippen LogP contribution in [0.15, 0.2) is 0 Å². The Morgan fingerprint density at radius 1 is 1.26 bits per heavy atom. The second kappa shape index (κ2) is 9.39. The second-order valence-corrected chi connectivity index (χ2v) is 6.07. The predicted octanol–water partition coefficient (Wildman–Crippen LogP) is 0.520. The SMILES string of the molecule is CC(C)C(=O)CCOCCNC(=O)CCN1C(=O)CC(C)C1=O. The van der Waals surface area contributed by atoms with Gasteiger partial charge in [0.05, 0.1) is 13.2 Å². The van der Waals surface area contributed by atoms with Crippen molar-refractivity contribution in [3.63, 3.8) is 0 Å². The van der Waals surface area contributed by atoms with Crippen LogP contribution in [-0.4, -0.2) is 54.7 Å². The summed E-state index contributed by atoms with van der Waals surface area (Å²) in [5.41, 5.74) is 0. The minimum Gasteiger partial charge on any atom is -0.379 e. The van der Waals surface area contributed by atoms with Gasteiger partial charge in [-0.2, -0.15) is 0 Å². The molecule has 0 aromatic carbocycles. The maximum atomic E-state index is 11.7. The van der Waals surface area contributed by atoms with Crippen molar-refractivity contribution in [3.05, 3.63) is 0 Å².